The van der Waals surface area contributed by atoms with Crippen LogP contribution in [0.1, 0.15) is 37.7 Å². The van der Waals surface area contributed by atoms with Gasteiger partial charge in [0.2, 0.25) is 10.0 Å². The van der Waals surface area contributed by atoms with Crippen LogP contribution in [0.25, 0.3) is 11.0 Å². The number of sulfonamides is 1. The molecule has 3 rings (SSSR count). The summed E-state index contributed by atoms with van der Waals surface area (Å²) in [4.78, 5) is 0. The van der Waals surface area contributed by atoms with E-state index in [-0.39, 0.29) is 5.75 Å². The van der Waals surface area contributed by atoms with Gasteiger partial charge >= 0.3 is 0 Å². The van der Waals surface area contributed by atoms with E-state index in [0.29, 0.717) is 17.6 Å². The van der Waals surface area contributed by atoms with Crippen molar-refractivity contribution in [3.8, 4) is 0 Å². The van der Waals surface area contributed by atoms with Crippen LogP contribution in [0, 0.1) is 0 Å². The minimum absolute atomic E-state index is 0.0468. The molecule has 0 amide bonds. The molecule has 5 nitrogen and oxygen atoms in total. The lowest BCUT2D eigenvalue weighted by Crippen LogP contribution is -2.26. The highest BCUT2D eigenvalue weighted by Crippen LogP contribution is 2.20. The largest absolute Gasteiger partial charge is 0.215 e. The molecule has 1 N–H and O–H groups in total. The lowest BCUT2D eigenvalue weighted by Gasteiger charge is -2.13. The molecule has 0 spiro atoms. The van der Waals surface area contributed by atoms with E-state index in [9.17, 15) is 8.42 Å². The fourth-order valence-electron chi connectivity index (χ4n) is 2.73. The molecule has 22 heavy (non-hydrogen) atoms. The van der Waals surface area contributed by atoms with Crippen molar-refractivity contribution >= 4 is 32.8 Å². The Morgan fingerprint density at radius 1 is 1.23 bits per heavy atom. The molecular weight excluding hydrogens is 318 g/mol. The minimum atomic E-state index is -3.35. The summed E-state index contributed by atoms with van der Waals surface area (Å²) in [6.07, 6.45) is 7.76. The molecule has 0 saturated carbocycles. The maximum absolute atomic E-state index is 12.2. The molecule has 1 aromatic heterocycles. The van der Waals surface area contributed by atoms with E-state index in [0.717, 1.165) is 36.5 Å². The topological polar surface area (TPSA) is 72.0 Å². The molecule has 0 aliphatic heterocycles. The van der Waals surface area contributed by atoms with Gasteiger partial charge in [-0.1, -0.05) is 23.8 Å². The first-order chi connectivity index (χ1) is 10.6. The molecule has 1 aliphatic carbocycles. The highest BCUT2D eigenvalue weighted by atomic mass is 32.2. The lowest BCUT2D eigenvalue weighted by molar-refractivity contribution is 0.578. The number of allylic oxidation sites excluding steroid dienone is 1. The van der Waals surface area contributed by atoms with Gasteiger partial charge in [-0.15, -0.1) is 0 Å². The van der Waals surface area contributed by atoms with Crippen molar-refractivity contribution in [1.82, 2.24) is 13.5 Å². The van der Waals surface area contributed by atoms with Crippen molar-refractivity contribution in [1.29, 1.82) is 0 Å². The number of benzene rings is 1. The van der Waals surface area contributed by atoms with Crippen LogP contribution in [0.15, 0.2) is 29.8 Å². The Morgan fingerprint density at radius 3 is 2.95 bits per heavy atom. The van der Waals surface area contributed by atoms with Crippen LogP contribution in [0.2, 0.25) is 0 Å². The summed E-state index contributed by atoms with van der Waals surface area (Å²) in [7, 11) is -3.35. The standard InChI is InChI=1S/C15H19N3O2S2/c19-22(20,16-10-9-12-5-2-1-3-6-12)11-13-7-4-8-14-15(13)18-21-17-14/h4-5,7-8,16H,1-3,6,9-11H2. The lowest BCUT2D eigenvalue weighted by atomic mass is 9.97. The molecule has 0 fully saturated rings. The Balaban J connectivity index is 1.61. The highest BCUT2D eigenvalue weighted by molar-refractivity contribution is 7.88. The van der Waals surface area contributed by atoms with Crippen molar-refractivity contribution < 1.29 is 8.42 Å². The molecule has 7 heteroatoms. The fraction of sp³-hybridized carbons (Fsp3) is 0.467. The number of nitrogens with one attached hydrogen (secondary N) is 1. The first kappa shape index (κ1) is 15.6. The molecule has 118 valence electrons. The van der Waals surface area contributed by atoms with Crippen molar-refractivity contribution in [2.24, 2.45) is 0 Å². The molecular formula is C15H19N3O2S2. The normalized spacial score (nSPS) is 15.9. The summed E-state index contributed by atoms with van der Waals surface area (Å²) >= 11 is 1.11. The van der Waals surface area contributed by atoms with Gasteiger partial charge in [0.25, 0.3) is 0 Å². The third kappa shape index (κ3) is 3.91. The number of aromatic nitrogens is 2. The number of hydrogen-bond donors (Lipinski definition) is 1. The maximum Gasteiger partial charge on any atom is 0.215 e. The number of nitrogens with zero attached hydrogens (tertiary/aromatic N) is 2. The summed E-state index contributed by atoms with van der Waals surface area (Å²) in [5.41, 5.74) is 3.52. The zero-order valence-corrected chi connectivity index (χ0v) is 13.9. The van der Waals surface area contributed by atoms with E-state index in [4.69, 9.17) is 0 Å². The second-order valence-electron chi connectivity index (χ2n) is 5.56. The zero-order valence-electron chi connectivity index (χ0n) is 12.3. The van der Waals surface area contributed by atoms with Crippen LogP contribution in [0.4, 0.5) is 0 Å². The summed E-state index contributed by atoms with van der Waals surface area (Å²) in [6, 6.07) is 5.46. The average Bonchev–Trinajstić information content (AvgIpc) is 2.97. The van der Waals surface area contributed by atoms with E-state index in [1.54, 1.807) is 6.07 Å². The second-order valence-corrected chi connectivity index (χ2v) is 7.90. The van der Waals surface area contributed by atoms with Crippen LogP contribution in [0.5, 0.6) is 0 Å². The minimum Gasteiger partial charge on any atom is -0.215 e. The Morgan fingerprint density at radius 2 is 2.14 bits per heavy atom. The zero-order chi connectivity index (χ0) is 15.4. The maximum atomic E-state index is 12.2. The quantitative estimate of drug-likeness (QED) is 0.823. The van der Waals surface area contributed by atoms with Gasteiger partial charge in [-0.25, -0.2) is 13.1 Å². The third-order valence-electron chi connectivity index (χ3n) is 3.87. The first-order valence-corrected chi connectivity index (χ1v) is 9.88. The molecule has 1 aliphatic rings. The van der Waals surface area contributed by atoms with E-state index in [1.165, 1.54) is 18.4 Å². The first-order valence-electron chi connectivity index (χ1n) is 7.49. The molecule has 0 unspecified atom stereocenters. The van der Waals surface area contributed by atoms with Gasteiger partial charge in [-0.3, -0.25) is 0 Å². The monoisotopic (exact) mass is 337 g/mol. The van der Waals surface area contributed by atoms with Gasteiger partial charge in [-0.05, 0) is 43.7 Å². The summed E-state index contributed by atoms with van der Waals surface area (Å²) < 4.78 is 35.5. The highest BCUT2D eigenvalue weighted by Gasteiger charge is 2.15. The van der Waals surface area contributed by atoms with Gasteiger partial charge in [-0.2, -0.15) is 8.75 Å². The number of fused-ring (bicyclic) bond motifs is 1. The molecule has 0 bridgehead atoms. The second kappa shape index (κ2) is 6.85. The number of hydrogen-bond acceptors (Lipinski definition) is 5. The Hall–Kier alpha value is -1.31. The predicted octanol–water partition coefficient (Wildman–Crippen LogP) is 3.00. The van der Waals surface area contributed by atoms with Gasteiger partial charge < -0.3 is 0 Å². The van der Waals surface area contributed by atoms with Gasteiger partial charge in [0.1, 0.15) is 11.0 Å². The summed E-state index contributed by atoms with van der Waals surface area (Å²) in [6.45, 7) is 0.472. The molecule has 0 radical (unpaired) electrons. The number of rotatable bonds is 6. The van der Waals surface area contributed by atoms with Crippen LogP contribution in [-0.4, -0.2) is 23.7 Å². The van der Waals surface area contributed by atoms with Crippen LogP contribution in [-0.2, 0) is 15.8 Å². The van der Waals surface area contributed by atoms with E-state index >= 15 is 0 Å². The molecule has 0 atom stereocenters. The summed E-state index contributed by atoms with van der Waals surface area (Å²) in [5, 5.41) is 0. The summed E-state index contributed by atoms with van der Waals surface area (Å²) in [5.74, 6) is -0.0468. The Kier molecular flexibility index (Phi) is 4.85. The SMILES string of the molecule is O=S(=O)(Cc1cccc2nsnc12)NCCC1=CCCCC1. The van der Waals surface area contributed by atoms with Crippen molar-refractivity contribution in [3.05, 3.63) is 35.4 Å². The average molecular weight is 337 g/mol. The molecule has 1 aromatic carbocycles. The predicted molar refractivity (Wildman–Crippen MR) is 89.2 cm³/mol. The van der Waals surface area contributed by atoms with Gasteiger partial charge in [0.05, 0.1) is 17.5 Å². The smallest absolute Gasteiger partial charge is 0.215 e. The molecule has 0 saturated heterocycles. The van der Waals surface area contributed by atoms with Crippen molar-refractivity contribution in [2.45, 2.75) is 37.9 Å². The Bertz CT molecular complexity index is 781. The fourth-order valence-corrected chi connectivity index (χ4v) is 4.46. The van der Waals surface area contributed by atoms with Gasteiger partial charge in [0.15, 0.2) is 0 Å². The van der Waals surface area contributed by atoms with Crippen LogP contribution < -0.4 is 4.72 Å². The molecule has 1 heterocycles. The molecule has 2 aromatic rings. The van der Waals surface area contributed by atoms with E-state index in [1.807, 2.05) is 12.1 Å². The van der Waals surface area contributed by atoms with Gasteiger partial charge in [0, 0.05) is 6.54 Å². The van der Waals surface area contributed by atoms with Crippen LogP contribution >= 0.6 is 11.7 Å². The van der Waals surface area contributed by atoms with Crippen molar-refractivity contribution in [2.75, 3.05) is 6.54 Å². The Labute approximate surface area is 134 Å². The van der Waals surface area contributed by atoms with E-state index in [2.05, 4.69) is 19.5 Å². The van der Waals surface area contributed by atoms with Crippen LogP contribution in [0.3, 0.4) is 0 Å². The van der Waals surface area contributed by atoms with Crippen molar-refractivity contribution in [3.63, 3.8) is 0 Å². The third-order valence-corrected chi connectivity index (χ3v) is 5.75. The van der Waals surface area contributed by atoms with E-state index < -0.39 is 10.0 Å².